The van der Waals surface area contributed by atoms with Crippen molar-refractivity contribution in [3.8, 4) is 0 Å². The van der Waals surface area contributed by atoms with Crippen molar-refractivity contribution in [2.24, 2.45) is 5.92 Å². The van der Waals surface area contributed by atoms with E-state index in [1.807, 2.05) is 12.3 Å². The van der Waals surface area contributed by atoms with Crippen molar-refractivity contribution in [1.82, 2.24) is 15.2 Å². The summed E-state index contributed by atoms with van der Waals surface area (Å²) < 4.78 is 0. The first-order valence-electron chi connectivity index (χ1n) is 7.13. The molecule has 0 spiro atoms. The Hall–Kier alpha value is -0.930. The van der Waals surface area contributed by atoms with Crippen LogP contribution in [0.5, 0.6) is 0 Å². The third kappa shape index (κ3) is 4.07. The van der Waals surface area contributed by atoms with Gasteiger partial charge in [-0.3, -0.25) is 9.88 Å². The predicted molar refractivity (Wildman–Crippen MR) is 75.4 cm³/mol. The van der Waals surface area contributed by atoms with Gasteiger partial charge in [-0.1, -0.05) is 19.9 Å². The van der Waals surface area contributed by atoms with Gasteiger partial charge >= 0.3 is 0 Å². The molecule has 100 valence electrons. The lowest BCUT2D eigenvalue weighted by Gasteiger charge is -2.31. The van der Waals surface area contributed by atoms with Gasteiger partial charge in [0.1, 0.15) is 0 Å². The van der Waals surface area contributed by atoms with Crippen LogP contribution in [-0.2, 0) is 6.54 Å². The maximum atomic E-state index is 4.43. The fourth-order valence-electron chi connectivity index (χ4n) is 2.62. The Labute approximate surface area is 111 Å². The molecule has 1 aliphatic rings. The van der Waals surface area contributed by atoms with Crippen LogP contribution < -0.4 is 5.32 Å². The molecule has 1 aromatic heterocycles. The molecule has 0 saturated carbocycles. The molecular formula is C15H25N3. The molecule has 0 radical (unpaired) electrons. The summed E-state index contributed by atoms with van der Waals surface area (Å²) in [5.74, 6) is 0.711. The van der Waals surface area contributed by atoms with E-state index in [4.69, 9.17) is 0 Å². The van der Waals surface area contributed by atoms with E-state index in [-0.39, 0.29) is 0 Å². The topological polar surface area (TPSA) is 28.2 Å². The number of hydrogen-bond donors (Lipinski definition) is 1. The highest BCUT2D eigenvalue weighted by atomic mass is 15.1. The summed E-state index contributed by atoms with van der Waals surface area (Å²) in [6.07, 6.45) is 4.36. The van der Waals surface area contributed by atoms with Gasteiger partial charge in [-0.2, -0.15) is 0 Å². The van der Waals surface area contributed by atoms with E-state index in [9.17, 15) is 0 Å². The molecular weight excluding hydrogens is 222 g/mol. The second kappa shape index (κ2) is 6.86. The average molecular weight is 247 g/mol. The summed E-state index contributed by atoms with van der Waals surface area (Å²) in [5.41, 5.74) is 1.19. The van der Waals surface area contributed by atoms with Crippen LogP contribution in [-0.4, -0.2) is 35.6 Å². The normalized spacial score (nSPS) is 26.6. The smallest absolute Gasteiger partial charge is 0.0543 e. The van der Waals surface area contributed by atoms with Gasteiger partial charge in [0.05, 0.1) is 5.69 Å². The monoisotopic (exact) mass is 247 g/mol. The van der Waals surface area contributed by atoms with Gasteiger partial charge in [0.25, 0.3) is 0 Å². The fraction of sp³-hybridized carbons (Fsp3) is 0.667. The molecule has 1 aromatic rings. The molecule has 0 bridgehead atoms. The lowest BCUT2D eigenvalue weighted by molar-refractivity contribution is 0.188. The van der Waals surface area contributed by atoms with Crippen molar-refractivity contribution in [3.05, 3.63) is 30.1 Å². The minimum absolute atomic E-state index is 0.680. The minimum atomic E-state index is 0.680. The van der Waals surface area contributed by atoms with E-state index < -0.39 is 0 Å². The molecule has 0 amide bonds. The van der Waals surface area contributed by atoms with Gasteiger partial charge in [-0.15, -0.1) is 0 Å². The van der Waals surface area contributed by atoms with Crippen LogP contribution in [0, 0.1) is 5.92 Å². The zero-order valence-electron chi connectivity index (χ0n) is 11.6. The van der Waals surface area contributed by atoms with Gasteiger partial charge in [0, 0.05) is 31.9 Å². The molecule has 0 aromatic carbocycles. The number of pyridine rings is 1. The Morgan fingerprint density at radius 1 is 1.44 bits per heavy atom. The Bertz CT molecular complexity index is 339. The summed E-state index contributed by atoms with van der Waals surface area (Å²) >= 11 is 0. The molecule has 1 N–H and O–H groups in total. The second-order valence-electron chi connectivity index (χ2n) is 5.46. The second-order valence-corrected chi connectivity index (χ2v) is 5.46. The predicted octanol–water partition coefficient (Wildman–Crippen LogP) is 2.29. The lowest BCUT2D eigenvalue weighted by atomic mass is 10.0. The van der Waals surface area contributed by atoms with E-state index >= 15 is 0 Å². The molecule has 1 aliphatic heterocycles. The van der Waals surface area contributed by atoms with Gasteiger partial charge in [-0.05, 0) is 37.4 Å². The molecule has 2 unspecified atom stereocenters. The summed E-state index contributed by atoms with van der Waals surface area (Å²) in [6, 6.07) is 6.86. The average Bonchev–Trinajstić information content (AvgIpc) is 2.37. The molecule has 1 fully saturated rings. The SMILES string of the molecule is CCC1CCN(Cc2ccccn2)CC(C)CN1. The quantitative estimate of drug-likeness (QED) is 0.888. The highest BCUT2D eigenvalue weighted by molar-refractivity contribution is 5.03. The van der Waals surface area contributed by atoms with Crippen LogP contribution in [0.2, 0.25) is 0 Å². The van der Waals surface area contributed by atoms with Crippen molar-refractivity contribution in [1.29, 1.82) is 0 Å². The van der Waals surface area contributed by atoms with E-state index in [1.54, 1.807) is 0 Å². The van der Waals surface area contributed by atoms with Gasteiger partial charge in [0.15, 0.2) is 0 Å². The highest BCUT2D eigenvalue weighted by Crippen LogP contribution is 2.11. The third-order valence-corrected chi connectivity index (χ3v) is 3.72. The molecule has 1 saturated heterocycles. The van der Waals surface area contributed by atoms with Crippen LogP contribution in [0.15, 0.2) is 24.4 Å². The highest BCUT2D eigenvalue weighted by Gasteiger charge is 2.17. The molecule has 18 heavy (non-hydrogen) atoms. The summed E-state index contributed by atoms with van der Waals surface area (Å²) in [4.78, 5) is 6.99. The van der Waals surface area contributed by atoms with Crippen molar-refractivity contribution >= 4 is 0 Å². The van der Waals surface area contributed by atoms with E-state index in [0.29, 0.717) is 12.0 Å². The first-order chi connectivity index (χ1) is 8.78. The van der Waals surface area contributed by atoms with Gasteiger partial charge in [-0.25, -0.2) is 0 Å². The lowest BCUT2D eigenvalue weighted by Crippen LogP contribution is -2.43. The first kappa shape index (κ1) is 13.5. The number of nitrogens with one attached hydrogen (secondary N) is 1. The number of aromatic nitrogens is 1. The van der Waals surface area contributed by atoms with Crippen LogP contribution in [0.25, 0.3) is 0 Å². The fourth-order valence-corrected chi connectivity index (χ4v) is 2.62. The van der Waals surface area contributed by atoms with E-state index in [2.05, 4.69) is 41.2 Å². The molecule has 0 aliphatic carbocycles. The maximum absolute atomic E-state index is 4.43. The van der Waals surface area contributed by atoms with Gasteiger partial charge in [0.2, 0.25) is 0 Å². The molecule has 3 heteroatoms. The Morgan fingerprint density at radius 2 is 2.33 bits per heavy atom. The van der Waals surface area contributed by atoms with Crippen LogP contribution in [0.4, 0.5) is 0 Å². The minimum Gasteiger partial charge on any atom is -0.314 e. The summed E-state index contributed by atoms with van der Waals surface area (Å²) in [5, 5.41) is 3.66. The Kier molecular flexibility index (Phi) is 5.14. The molecule has 2 rings (SSSR count). The zero-order valence-corrected chi connectivity index (χ0v) is 11.6. The van der Waals surface area contributed by atoms with Crippen LogP contribution in [0.3, 0.4) is 0 Å². The number of rotatable bonds is 3. The van der Waals surface area contributed by atoms with Crippen molar-refractivity contribution in [3.63, 3.8) is 0 Å². The number of hydrogen-bond acceptors (Lipinski definition) is 3. The third-order valence-electron chi connectivity index (χ3n) is 3.72. The first-order valence-corrected chi connectivity index (χ1v) is 7.13. The van der Waals surface area contributed by atoms with Crippen LogP contribution >= 0.6 is 0 Å². The van der Waals surface area contributed by atoms with Gasteiger partial charge < -0.3 is 5.32 Å². The Balaban J connectivity index is 1.93. The Morgan fingerprint density at radius 3 is 3.06 bits per heavy atom. The van der Waals surface area contributed by atoms with Crippen LogP contribution in [0.1, 0.15) is 32.4 Å². The van der Waals surface area contributed by atoms with Crippen molar-refractivity contribution in [2.45, 2.75) is 39.3 Å². The molecule has 3 nitrogen and oxygen atoms in total. The van der Waals surface area contributed by atoms with Crippen molar-refractivity contribution in [2.75, 3.05) is 19.6 Å². The van der Waals surface area contributed by atoms with E-state index in [1.165, 1.54) is 31.6 Å². The zero-order chi connectivity index (χ0) is 12.8. The standard InChI is InChI=1S/C15H25N3/c1-3-14-7-9-18(11-13(2)10-17-14)12-15-6-4-5-8-16-15/h4-6,8,13-14,17H,3,7,9-12H2,1-2H3. The van der Waals surface area contributed by atoms with E-state index in [0.717, 1.165) is 13.1 Å². The molecule has 2 heterocycles. The summed E-state index contributed by atoms with van der Waals surface area (Å²) in [7, 11) is 0. The summed E-state index contributed by atoms with van der Waals surface area (Å²) in [6.45, 7) is 9.06. The molecule has 2 atom stereocenters. The largest absolute Gasteiger partial charge is 0.314 e. The maximum Gasteiger partial charge on any atom is 0.0543 e. The number of nitrogens with zero attached hydrogens (tertiary/aromatic N) is 2. The van der Waals surface area contributed by atoms with Crippen molar-refractivity contribution < 1.29 is 0 Å².